The molecule has 0 unspecified atom stereocenters. The third-order valence-electron chi connectivity index (χ3n) is 10.4. The SMILES string of the molecule is c1ccc(-c2c3ccccc3c(-c3cccc4ccccc34)c3cc(-c4ccc5ccccc5c4)ccc23)c(-c2ccc3ccccc3c2)c1. The molecule has 10 aromatic rings. The molecule has 0 bridgehead atoms. The normalized spacial score (nSPS) is 11.6. The van der Waals surface area contributed by atoms with E-state index < -0.39 is 0 Å². The van der Waals surface area contributed by atoms with Crippen LogP contribution in [-0.2, 0) is 0 Å². The lowest BCUT2D eigenvalue weighted by molar-refractivity contribution is 1.62. The molecule has 0 fully saturated rings. The van der Waals surface area contributed by atoms with Gasteiger partial charge in [0.05, 0.1) is 0 Å². The molecule has 0 saturated heterocycles. The van der Waals surface area contributed by atoms with Gasteiger partial charge in [0.15, 0.2) is 0 Å². The first-order chi connectivity index (χ1) is 24.8. The topological polar surface area (TPSA) is 0 Å². The van der Waals surface area contributed by atoms with Gasteiger partial charge in [0, 0.05) is 0 Å². The molecule has 0 aliphatic heterocycles. The maximum atomic E-state index is 2.44. The Hall–Kier alpha value is -6.50. The highest BCUT2D eigenvalue weighted by Gasteiger charge is 2.20. The second-order valence-electron chi connectivity index (χ2n) is 13.3. The molecule has 0 spiro atoms. The molecule has 0 aliphatic rings. The van der Waals surface area contributed by atoms with Gasteiger partial charge < -0.3 is 0 Å². The first-order valence-corrected chi connectivity index (χ1v) is 17.3. The van der Waals surface area contributed by atoms with Crippen molar-refractivity contribution in [2.45, 2.75) is 0 Å². The lowest BCUT2D eigenvalue weighted by Crippen LogP contribution is -1.94. The average molecular weight is 633 g/mol. The summed E-state index contributed by atoms with van der Waals surface area (Å²) < 4.78 is 0. The van der Waals surface area contributed by atoms with Gasteiger partial charge in [-0.3, -0.25) is 0 Å². The van der Waals surface area contributed by atoms with Crippen molar-refractivity contribution in [1.82, 2.24) is 0 Å². The third kappa shape index (κ3) is 4.61. The largest absolute Gasteiger partial charge is 0.0616 e. The summed E-state index contributed by atoms with van der Waals surface area (Å²) in [6.45, 7) is 0. The van der Waals surface area contributed by atoms with Gasteiger partial charge in [-0.25, -0.2) is 0 Å². The average Bonchev–Trinajstić information content (AvgIpc) is 3.19. The van der Waals surface area contributed by atoms with Crippen LogP contribution in [0.3, 0.4) is 0 Å². The van der Waals surface area contributed by atoms with Gasteiger partial charge in [0.25, 0.3) is 0 Å². The van der Waals surface area contributed by atoms with Crippen LogP contribution < -0.4 is 0 Å². The van der Waals surface area contributed by atoms with E-state index in [2.05, 4.69) is 194 Å². The standard InChI is InChI=1S/C50H32/c1-3-15-36-30-38(26-24-33(36)12-1)39-28-29-47-48(32-39)50(44-23-11-17-35-14-5-6-18-41(35)44)46-22-10-9-21-45(46)49(47)43-20-8-7-19-42(43)40-27-25-34-13-2-4-16-37(34)31-40/h1-32H. The Labute approximate surface area is 291 Å². The number of rotatable bonds is 4. The molecular weight excluding hydrogens is 601 g/mol. The van der Waals surface area contributed by atoms with Crippen molar-refractivity contribution in [2.75, 3.05) is 0 Å². The summed E-state index contributed by atoms with van der Waals surface area (Å²) in [7, 11) is 0. The smallest absolute Gasteiger partial charge is 0.00199 e. The number of hydrogen-bond acceptors (Lipinski definition) is 0. The van der Waals surface area contributed by atoms with E-state index >= 15 is 0 Å². The summed E-state index contributed by atoms with van der Waals surface area (Å²) in [5, 5.41) is 12.6. The van der Waals surface area contributed by atoms with E-state index in [1.54, 1.807) is 0 Å². The summed E-state index contributed by atoms with van der Waals surface area (Å²) in [4.78, 5) is 0. The van der Waals surface area contributed by atoms with Crippen LogP contribution in [0.4, 0.5) is 0 Å². The maximum absolute atomic E-state index is 2.44. The fourth-order valence-electron chi connectivity index (χ4n) is 8.06. The molecule has 0 nitrogen and oxygen atoms in total. The Morgan fingerprint density at radius 1 is 0.200 bits per heavy atom. The Bertz CT molecular complexity index is 2920. The summed E-state index contributed by atoms with van der Waals surface area (Å²) in [6.07, 6.45) is 0. The number of hydrogen-bond donors (Lipinski definition) is 0. The van der Waals surface area contributed by atoms with Gasteiger partial charge >= 0.3 is 0 Å². The Morgan fingerprint density at radius 3 is 1.36 bits per heavy atom. The lowest BCUT2D eigenvalue weighted by atomic mass is 9.82. The van der Waals surface area contributed by atoms with Crippen molar-refractivity contribution in [3.05, 3.63) is 194 Å². The Balaban J connectivity index is 1.32. The first kappa shape index (κ1) is 28.5. The van der Waals surface area contributed by atoms with E-state index in [1.807, 2.05) is 0 Å². The van der Waals surface area contributed by atoms with Gasteiger partial charge in [0.1, 0.15) is 0 Å². The summed E-state index contributed by atoms with van der Waals surface area (Å²) >= 11 is 0. The highest BCUT2D eigenvalue weighted by molar-refractivity contribution is 6.25. The molecule has 0 aliphatic carbocycles. The van der Waals surface area contributed by atoms with Crippen LogP contribution in [0.15, 0.2) is 194 Å². The van der Waals surface area contributed by atoms with Crippen LogP contribution in [0.25, 0.3) is 98.4 Å². The van der Waals surface area contributed by atoms with Crippen molar-refractivity contribution in [3.63, 3.8) is 0 Å². The Morgan fingerprint density at radius 2 is 0.640 bits per heavy atom. The van der Waals surface area contributed by atoms with Gasteiger partial charge in [-0.2, -0.15) is 0 Å². The summed E-state index contributed by atoms with van der Waals surface area (Å²) in [6, 6.07) is 71.5. The van der Waals surface area contributed by atoms with E-state index in [9.17, 15) is 0 Å². The molecule has 0 amide bonds. The zero-order valence-corrected chi connectivity index (χ0v) is 27.5. The lowest BCUT2D eigenvalue weighted by Gasteiger charge is -2.21. The molecule has 232 valence electrons. The predicted molar refractivity (Wildman–Crippen MR) is 216 cm³/mol. The second-order valence-corrected chi connectivity index (χ2v) is 13.3. The van der Waals surface area contributed by atoms with E-state index in [0.29, 0.717) is 0 Å². The molecule has 50 heavy (non-hydrogen) atoms. The minimum absolute atomic E-state index is 1.22. The first-order valence-electron chi connectivity index (χ1n) is 17.3. The fraction of sp³-hybridized carbons (Fsp3) is 0. The second kappa shape index (κ2) is 11.6. The van der Waals surface area contributed by atoms with Crippen molar-refractivity contribution in [3.8, 4) is 44.5 Å². The number of fused-ring (bicyclic) bond motifs is 5. The summed E-state index contributed by atoms with van der Waals surface area (Å²) in [5.41, 5.74) is 9.95. The zero-order valence-electron chi connectivity index (χ0n) is 27.5. The molecular formula is C50H32. The van der Waals surface area contributed by atoms with Crippen molar-refractivity contribution >= 4 is 53.9 Å². The fourth-order valence-corrected chi connectivity index (χ4v) is 8.06. The molecule has 0 radical (unpaired) electrons. The van der Waals surface area contributed by atoms with E-state index in [1.165, 1.54) is 98.4 Å². The number of benzene rings is 10. The van der Waals surface area contributed by atoms with E-state index in [0.717, 1.165) is 0 Å². The quantitative estimate of drug-likeness (QED) is 0.169. The highest BCUT2D eigenvalue weighted by Crippen LogP contribution is 2.48. The van der Waals surface area contributed by atoms with Crippen molar-refractivity contribution in [1.29, 1.82) is 0 Å². The van der Waals surface area contributed by atoms with E-state index in [4.69, 9.17) is 0 Å². The minimum Gasteiger partial charge on any atom is -0.0616 e. The van der Waals surface area contributed by atoms with Crippen LogP contribution in [0, 0.1) is 0 Å². The van der Waals surface area contributed by atoms with Crippen LogP contribution in [0.2, 0.25) is 0 Å². The van der Waals surface area contributed by atoms with Crippen molar-refractivity contribution < 1.29 is 0 Å². The molecule has 0 aromatic heterocycles. The summed E-state index contributed by atoms with van der Waals surface area (Å²) in [5.74, 6) is 0. The molecule has 0 heterocycles. The van der Waals surface area contributed by atoms with Gasteiger partial charge in [-0.1, -0.05) is 176 Å². The van der Waals surface area contributed by atoms with Gasteiger partial charge in [0.2, 0.25) is 0 Å². The van der Waals surface area contributed by atoms with Gasteiger partial charge in [-0.15, -0.1) is 0 Å². The van der Waals surface area contributed by atoms with Crippen molar-refractivity contribution in [2.24, 2.45) is 0 Å². The maximum Gasteiger partial charge on any atom is -0.00199 e. The Kier molecular flexibility index (Phi) is 6.60. The molecule has 10 aromatic carbocycles. The predicted octanol–water partition coefficient (Wildman–Crippen LogP) is 14.1. The molecule has 0 heteroatoms. The van der Waals surface area contributed by atoms with Crippen LogP contribution in [-0.4, -0.2) is 0 Å². The molecule has 10 rings (SSSR count). The molecule has 0 N–H and O–H groups in total. The molecule has 0 atom stereocenters. The van der Waals surface area contributed by atoms with Gasteiger partial charge in [-0.05, 0) is 117 Å². The zero-order chi connectivity index (χ0) is 33.0. The van der Waals surface area contributed by atoms with Crippen LogP contribution in [0.1, 0.15) is 0 Å². The van der Waals surface area contributed by atoms with Crippen LogP contribution in [0.5, 0.6) is 0 Å². The van der Waals surface area contributed by atoms with E-state index in [-0.39, 0.29) is 0 Å². The van der Waals surface area contributed by atoms with Crippen LogP contribution >= 0.6 is 0 Å². The monoisotopic (exact) mass is 632 g/mol. The minimum atomic E-state index is 1.22. The third-order valence-corrected chi connectivity index (χ3v) is 10.4. The highest BCUT2D eigenvalue weighted by atomic mass is 14.2. The molecule has 0 saturated carbocycles.